The molecule has 4 rings (SSSR count). The van der Waals surface area contributed by atoms with Crippen molar-refractivity contribution in [3.63, 3.8) is 0 Å². The molecule has 1 aliphatic carbocycles. The molecule has 1 unspecified atom stereocenters. The highest BCUT2D eigenvalue weighted by atomic mass is 32.2. The van der Waals surface area contributed by atoms with E-state index < -0.39 is 11.2 Å². The summed E-state index contributed by atoms with van der Waals surface area (Å²) in [6, 6.07) is 16.8. The molecule has 0 saturated heterocycles. The third kappa shape index (κ3) is 6.10. The highest BCUT2D eigenvalue weighted by Gasteiger charge is 2.25. The van der Waals surface area contributed by atoms with Crippen molar-refractivity contribution in [3.05, 3.63) is 94.3 Å². The fourth-order valence-electron chi connectivity index (χ4n) is 4.16. The molecule has 0 aliphatic heterocycles. The fraction of sp³-hybridized carbons (Fsp3) is 0.172. The largest absolute Gasteiger partial charge is 0.612 e. The van der Waals surface area contributed by atoms with Gasteiger partial charge in [-0.3, -0.25) is 4.79 Å². The van der Waals surface area contributed by atoms with Crippen molar-refractivity contribution in [1.29, 1.82) is 0 Å². The van der Waals surface area contributed by atoms with Crippen LogP contribution in [0.5, 0.6) is 11.5 Å². The van der Waals surface area contributed by atoms with Gasteiger partial charge in [-0.15, -0.1) is 0 Å². The van der Waals surface area contributed by atoms with Crippen LogP contribution < -0.4 is 10.2 Å². The maximum Gasteiger partial charge on any atom is 0.244 e. The summed E-state index contributed by atoms with van der Waals surface area (Å²) >= 11 is -1.06. The van der Waals surface area contributed by atoms with E-state index in [4.69, 9.17) is 4.74 Å². The minimum absolute atomic E-state index is 0.0183. The number of hydrazone groups is 1. The summed E-state index contributed by atoms with van der Waals surface area (Å²) in [5.74, 6) is -0.366. The Morgan fingerprint density at radius 1 is 1.11 bits per heavy atom. The second kappa shape index (κ2) is 11.5. The van der Waals surface area contributed by atoms with Crippen molar-refractivity contribution < 1.29 is 23.6 Å². The van der Waals surface area contributed by atoms with Gasteiger partial charge in [0, 0.05) is 0 Å². The van der Waals surface area contributed by atoms with Gasteiger partial charge in [0.25, 0.3) is 0 Å². The lowest BCUT2D eigenvalue weighted by Crippen LogP contribution is -2.17. The average Bonchev–Trinajstić information content (AvgIpc) is 3.11. The van der Waals surface area contributed by atoms with Crippen LogP contribution in [0, 0.1) is 5.82 Å². The van der Waals surface area contributed by atoms with Crippen LogP contribution in [-0.4, -0.2) is 34.6 Å². The van der Waals surface area contributed by atoms with E-state index >= 15 is 0 Å². The molecule has 37 heavy (non-hydrogen) atoms. The smallest absolute Gasteiger partial charge is 0.244 e. The van der Waals surface area contributed by atoms with E-state index in [1.807, 2.05) is 44.2 Å². The summed E-state index contributed by atoms with van der Waals surface area (Å²) in [5.41, 5.74) is 8.11. The number of hydrogen-bond donors (Lipinski definition) is 2. The average molecular weight is 519 g/mol. The van der Waals surface area contributed by atoms with Gasteiger partial charge in [-0.1, -0.05) is 6.07 Å². The Balaban J connectivity index is 1.55. The number of rotatable bonds is 8. The number of ether oxygens (including phenoxy) is 1. The molecule has 1 amide bonds. The van der Waals surface area contributed by atoms with Gasteiger partial charge in [0.05, 0.1) is 19.2 Å². The first kappa shape index (κ1) is 26.2. The Hall–Kier alpha value is -3.88. The number of nitrogens with zero attached hydrogens (tertiary/aromatic N) is 1. The Labute approximate surface area is 218 Å². The highest BCUT2D eigenvalue weighted by molar-refractivity contribution is 7.90. The molecule has 3 aromatic carbocycles. The summed E-state index contributed by atoms with van der Waals surface area (Å²) in [4.78, 5) is 13.5. The SMILES string of the molecule is CCOc1cc(C=NNC(=O)CC2=C(C)/C(=C/c3ccc([S+](C)[O-])cc3)c3ccc(F)cc32)ccc1O. The minimum Gasteiger partial charge on any atom is -0.612 e. The van der Waals surface area contributed by atoms with E-state index in [-0.39, 0.29) is 23.9 Å². The first-order valence-electron chi connectivity index (χ1n) is 11.7. The molecule has 1 atom stereocenters. The van der Waals surface area contributed by atoms with Crippen molar-refractivity contribution in [2.75, 3.05) is 12.9 Å². The zero-order valence-corrected chi connectivity index (χ0v) is 21.6. The summed E-state index contributed by atoms with van der Waals surface area (Å²) in [6.07, 6.45) is 5.09. The van der Waals surface area contributed by atoms with E-state index in [2.05, 4.69) is 10.5 Å². The molecular weight excluding hydrogens is 491 g/mol. The van der Waals surface area contributed by atoms with Crippen LogP contribution in [0.1, 0.15) is 42.5 Å². The number of carbonyl (C=O) groups is 1. The number of benzene rings is 3. The van der Waals surface area contributed by atoms with Gasteiger partial charge in [0.1, 0.15) is 12.1 Å². The van der Waals surface area contributed by atoms with Crippen LogP contribution in [0.2, 0.25) is 0 Å². The Morgan fingerprint density at radius 2 is 1.84 bits per heavy atom. The van der Waals surface area contributed by atoms with Crippen molar-refractivity contribution in [1.82, 2.24) is 5.43 Å². The lowest BCUT2D eigenvalue weighted by Gasteiger charge is -2.07. The third-order valence-corrected chi connectivity index (χ3v) is 6.94. The third-order valence-electron chi connectivity index (χ3n) is 6.00. The predicted molar refractivity (Wildman–Crippen MR) is 145 cm³/mol. The summed E-state index contributed by atoms with van der Waals surface area (Å²) in [6.45, 7) is 4.13. The molecule has 0 saturated carbocycles. The first-order chi connectivity index (χ1) is 17.8. The monoisotopic (exact) mass is 518 g/mol. The highest BCUT2D eigenvalue weighted by Crippen LogP contribution is 2.43. The number of aromatic hydroxyl groups is 1. The molecule has 3 aromatic rings. The van der Waals surface area contributed by atoms with E-state index in [1.165, 1.54) is 24.4 Å². The van der Waals surface area contributed by atoms with Crippen molar-refractivity contribution in [3.8, 4) is 11.5 Å². The number of phenols is 1. The lowest BCUT2D eigenvalue weighted by atomic mass is 10.0. The second-order valence-electron chi connectivity index (χ2n) is 8.50. The predicted octanol–water partition coefficient (Wildman–Crippen LogP) is 5.54. The molecule has 0 bridgehead atoms. The van der Waals surface area contributed by atoms with E-state index in [1.54, 1.807) is 24.5 Å². The zero-order chi connectivity index (χ0) is 26.5. The Kier molecular flexibility index (Phi) is 8.11. The molecule has 0 heterocycles. The van der Waals surface area contributed by atoms with Crippen LogP contribution in [0.4, 0.5) is 4.39 Å². The molecule has 0 radical (unpaired) electrons. The van der Waals surface area contributed by atoms with Gasteiger partial charge in [0.2, 0.25) is 5.91 Å². The molecule has 2 N–H and O–H groups in total. The van der Waals surface area contributed by atoms with Gasteiger partial charge in [0.15, 0.2) is 16.4 Å². The fourth-order valence-corrected chi connectivity index (χ4v) is 4.68. The lowest BCUT2D eigenvalue weighted by molar-refractivity contribution is -0.120. The zero-order valence-electron chi connectivity index (χ0n) is 20.7. The molecule has 8 heteroatoms. The first-order valence-corrected chi connectivity index (χ1v) is 13.3. The minimum atomic E-state index is -1.06. The number of halogens is 1. The molecule has 6 nitrogen and oxygen atoms in total. The number of fused-ring (bicyclic) bond motifs is 1. The number of phenolic OH excluding ortho intramolecular Hbond substituents is 1. The van der Waals surface area contributed by atoms with Crippen LogP contribution >= 0.6 is 0 Å². The summed E-state index contributed by atoms with van der Waals surface area (Å²) in [5, 5.41) is 13.8. The number of carbonyl (C=O) groups excluding carboxylic acids is 1. The van der Waals surface area contributed by atoms with Crippen molar-refractivity contribution in [2.45, 2.75) is 25.2 Å². The number of nitrogens with one attached hydrogen (secondary N) is 1. The van der Waals surface area contributed by atoms with Crippen LogP contribution in [0.3, 0.4) is 0 Å². The van der Waals surface area contributed by atoms with Gasteiger partial charge < -0.3 is 14.4 Å². The maximum absolute atomic E-state index is 14.2. The number of hydrogen-bond acceptors (Lipinski definition) is 5. The molecule has 0 spiro atoms. The standard InChI is InChI=1S/C29H27FN2O4S/c1-4-36-28-14-20(7-12-27(28)33)17-31-32-29(34)16-25-18(2)24(23-11-8-21(30)15-26(23)25)13-19-5-9-22(10-6-19)37(3)35/h5-15,17,33H,4,16H2,1-3H3,(H,32,34)/b24-13-,31-17?. The topological polar surface area (TPSA) is 94.0 Å². The Bertz CT molecular complexity index is 1410. The summed E-state index contributed by atoms with van der Waals surface area (Å²) in [7, 11) is 0. The summed E-state index contributed by atoms with van der Waals surface area (Å²) < 4.78 is 31.2. The molecule has 0 aromatic heterocycles. The van der Waals surface area contributed by atoms with Gasteiger partial charge in [-0.2, -0.15) is 5.10 Å². The normalized spacial score (nSPS) is 14.8. The van der Waals surface area contributed by atoms with E-state index in [9.17, 15) is 18.8 Å². The van der Waals surface area contributed by atoms with Crippen LogP contribution in [-0.2, 0) is 16.0 Å². The van der Waals surface area contributed by atoms with Crippen molar-refractivity contribution >= 4 is 40.5 Å². The van der Waals surface area contributed by atoms with Gasteiger partial charge in [-0.25, -0.2) is 9.82 Å². The van der Waals surface area contributed by atoms with Gasteiger partial charge >= 0.3 is 0 Å². The molecule has 190 valence electrons. The molecular formula is C29H27FN2O4S. The second-order valence-corrected chi connectivity index (χ2v) is 9.88. The number of amides is 1. The van der Waals surface area contributed by atoms with E-state index in [0.717, 1.165) is 32.7 Å². The van der Waals surface area contributed by atoms with Gasteiger partial charge in [-0.05, 0) is 125 Å². The maximum atomic E-state index is 14.2. The number of allylic oxidation sites excluding steroid dienone is 2. The molecule has 1 aliphatic rings. The molecule has 0 fully saturated rings. The Morgan fingerprint density at radius 3 is 2.54 bits per heavy atom. The quantitative estimate of drug-likeness (QED) is 0.233. The van der Waals surface area contributed by atoms with Crippen LogP contribution in [0.25, 0.3) is 17.2 Å². The van der Waals surface area contributed by atoms with Crippen molar-refractivity contribution in [2.24, 2.45) is 5.10 Å². The van der Waals surface area contributed by atoms with Crippen LogP contribution in [0.15, 0.2) is 76.2 Å². The van der Waals surface area contributed by atoms with E-state index in [0.29, 0.717) is 23.5 Å².